The van der Waals surface area contributed by atoms with Crippen LogP contribution in [0.3, 0.4) is 0 Å². The predicted molar refractivity (Wildman–Crippen MR) is 80.4 cm³/mol. The van der Waals surface area contributed by atoms with Gasteiger partial charge in [-0.1, -0.05) is 6.07 Å². The number of aryl methyl sites for hydroxylation is 2. The molecule has 0 unspecified atom stereocenters. The van der Waals surface area contributed by atoms with Crippen molar-refractivity contribution < 1.29 is 4.79 Å². The molecule has 7 heteroatoms. The largest absolute Gasteiger partial charge is 0.289 e. The van der Waals surface area contributed by atoms with Gasteiger partial charge in [0, 0.05) is 5.56 Å². The molecule has 0 saturated heterocycles. The van der Waals surface area contributed by atoms with Crippen LogP contribution in [0.5, 0.6) is 0 Å². The van der Waals surface area contributed by atoms with Gasteiger partial charge >= 0.3 is 0 Å². The zero-order valence-electron chi connectivity index (χ0n) is 12.5. The number of nitrogens with one attached hydrogen (secondary N) is 1. The minimum atomic E-state index is -0.661. The van der Waals surface area contributed by atoms with Gasteiger partial charge in [0.1, 0.15) is 11.6 Å². The normalized spacial score (nSPS) is 10.1. The summed E-state index contributed by atoms with van der Waals surface area (Å²) in [5.74, 6) is 4.46. The van der Waals surface area contributed by atoms with E-state index in [1.807, 2.05) is 31.4 Å². The maximum atomic E-state index is 12.4. The fourth-order valence-corrected chi connectivity index (χ4v) is 2.05. The number of carbonyl (C=O) groups is 1. The highest BCUT2D eigenvalue weighted by atomic mass is 16.2. The van der Waals surface area contributed by atoms with Crippen molar-refractivity contribution in [2.24, 2.45) is 5.84 Å². The molecule has 0 aliphatic carbocycles. The first-order chi connectivity index (χ1) is 10.4. The van der Waals surface area contributed by atoms with Crippen LogP contribution < -0.4 is 16.8 Å². The molecule has 0 aliphatic heterocycles. The lowest BCUT2D eigenvalue weighted by Gasteiger charge is -2.11. The molecule has 0 fully saturated rings. The zero-order valence-corrected chi connectivity index (χ0v) is 12.5. The molecule has 0 spiro atoms. The van der Waals surface area contributed by atoms with Gasteiger partial charge in [-0.25, -0.2) is 5.84 Å². The third kappa shape index (κ3) is 2.47. The van der Waals surface area contributed by atoms with Crippen LogP contribution in [0, 0.1) is 32.1 Å². The minimum absolute atomic E-state index is 0.0584. The van der Waals surface area contributed by atoms with Gasteiger partial charge in [0.25, 0.3) is 11.5 Å². The number of nitriles is 1. The van der Waals surface area contributed by atoms with E-state index in [4.69, 9.17) is 5.84 Å². The number of aromatic nitrogens is 2. The van der Waals surface area contributed by atoms with E-state index in [1.165, 1.54) is 6.92 Å². The van der Waals surface area contributed by atoms with Gasteiger partial charge in [-0.05, 0) is 44.0 Å². The van der Waals surface area contributed by atoms with E-state index in [1.54, 1.807) is 12.1 Å². The third-order valence-electron chi connectivity index (χ3n) is 3.53. The van der Waals surface area contributed by atoms with E-state index >= 15 is 0 Å². The van der Waals surface area contributed by atoms with Crippen molar-refractivity contribution in [1.29, 1.82) is 5.26 Å². The number of benzene rings is 1. The average molecular weight is 297 g/mol. The summed E-state index contributed by atoms with van der Waals surface area (Å²) in [6.07, 6.45) is 0. The summed E-state index contributed by atoms with van der Waals surface area (Å²) in [6.45, 7) is 5.33. The molecular weight excluding hydrogens is 282 g/mol. The number of hydrogen-bond donors (Lipinski definition) is 2. The van der Waals surface area contributed by atoms with Gasteiger partial charge < -0.3 is 0 Å². The Bertz CT molecular complexity index is 861. The van der Waals surface area contributed by atoms with Crippen molar-refractivity contribution in [3.8, 4) is 11.8 Å². The molecule has 0 atom stereocenters. The van der Waals surface area contributed by atoms with Crippen LogP contribution in [0.4, 0.5) is 0 Å². The summed E-state index contributed by atoms with van der Waals surface area (Å²) >= 11 is 0. The second-order valence-electron chi connectivity index (χ2n) is 4.92. The highest BCUT2D eigenvalue weighted by Crippen LogP contribution is 2.14. The number of hydrazine groups is 1. The molecule has 1 aromatic carbocycles. The summed E-state index contributed by atoms with van der Waals surface area (Å²) < 4.78 is 1.04. The molecule has 2 rings (SSSR count). The number of amides is 1. The van der Waals surface area contributed by atoms with Crippen LogP contribution in [-0.4, -0.2) is 15.7 Å². The highest BCUT2D eigenvalue weighted by Gasteiger charge is 2.19. The Kier molecular flexibility index (Phi) is 4.06. The van der Waals surface area contributed by atoms with Crippen LogP contribution in [-0.2, 0) is 0 Å². The van der Waals surface area contributed by atoms with Gasteiger partial charge in [-0.2, -0.15) is 15.0 Å². The van der Waals surface area contributed by atoms with Crippen molar-refractivity contribution >= 4 is 5.91 Å². The molecule has 0 aliphatic rings. The number of nitrogens with two attached hydrogens (primary N) is 1. The molecule has 7 nitrogen and oxygen atoms in total. The molecule has 0 saturated carbocycles. The zero-order chi connectivity index (χ0) is 16.4. The van der Waals surface area contributed by atoms with Crippen LogP contribution >= 0.6 is 0 Å². The van der Waals surface area contributed by atoms with E-state index in [9.17, 15) is 14.9 Å². The van der Waals surface area contributed by atoms with Gasteiger partial charge in [0.15, 0.2) is 5.69 Å². The lowest BCUT2D eigenvalue weighted by atomic mass is 10.1. The quantitative estimate of drug-likeness (QED) is 0.479. The van der Waals surface area contributed by atoms with Gasteiger partial charge in [-0.15, -0.1) is 0 Å². The van der Waals surface area contributed by atoms with Crippen LogP contribution in [0.25, 0.3) is 5.69 Å². The van der Waals surface area contributed by atoms with Gasteiger partial charge in [-0.3, -0.25) is 15.0 Å². The molecule has 1 heterocycles. The first kappa shape index (κ1) is 15.4. The van der Waals surface area contributed by atoms with Crippen molar-refractivity contribution in [2.75, 3.05) is 0 Å². The number of hydrogen-bond acceptors (Lipinski definition) is 5. The molecule has 2 aromatic rings. The summed E-state index contributed by atoms with van der Waals surface area (Å²) in [5, 5.41) is 13.2. The van der Waals surface area contributed by atoms with Crippen LogP contribution in [0.2, 0.25) is 0 Å². The van der Waals surface area contributed by atoms with Crippen molar-refractivity contribution in [2.45, 2.75) is 20.8 Å². The summed E-state index contributed by atoms with van der Waals surface area (Å²) in [6, 6.07) is 7.14. The van der Waals surface area contributed by atoms with Crippen molar-refractivity contribution in [1.82, 2.24) is 15.2 Å². The Morgan fingerprint density at radius 2 is 2.00 bits per heavy atom. The number of nitrogens with zero attached hydrogens (tertiary/aromatic N) is 3. The van der Waals surface area contributed by atoms with E-state index in [2.05, 4.69) is 5.10 Å². The topological polar surface area (TPSA) is 114 Å². The summed E-state index contributed by atoms with van der Waals surface area (Å²) in [4.78, 5) is 24.2. The fourth-order valence-electron chi connectivity index (χ4n) is 2.05. The van der Waals surface area contributed by atoms with Gasteiger partial charge in [0.05, 0.1) is 5.69 Å². The maximum absolute atomic E-state index is 12.4. The molecule has 1 aromatic heterocycles. The Morgan fingerprint density at radius 1 is 1.32 bits per heavy atom. The highest BCUT2D eigenvalue weighted by molar-refractivity contribution is 5.93. The first-order valence-electron chi connectivity index (χ1n) is 6.53. The lowest BCUT2D eigenvalue weighted by Crippen LogP contribution is -2.35. The number of rotatable bonds is 2. The Labute approximate surface area is 127 Å². The van der Waals surface area contributed by atoms with E-state index in [-0.39, 0.29) is 16.8 Å². The molecule has 0 bridgehead atoms. The summed E-state index contributed by atoms with van der Waals surface area (Å²) in [7, 11) is 0. The molecule has 3 N–H and O–H groups in total. The number of carbonyl (C=O) groups excluding carboxylic acids is 1. The second-order valence-corrected chi connectivity index (χ2v) is 4.92. The standard InChI is InChI=1S/C15H15N5O2/c1-8-4-5-11(6-9(8)2)20-15(22)12(7-16)10(3)13(19-20)14(21)18-17/h4-6H,17H2,1-3H3,(H,18,21). The van der Waals surface area contributed by atoms with Crippen LogP contribution in [0.1, 0.15) is 32.7 Å². The molecule has 22 heavy (non-hydrogen) atoms. The Hall–Kier alpha value is -2.98. The van der Waals surface area contributed by atoms with Crippen LogP contribution in [0.15, 0.2) is 23.0 Å². The Balaban J connectivity index is 2.81. The maximum Gasteiger partial charge on any atom is 0.289 e. The molecular formula is C15H15N5O2. The number of nitrogen functional groups attached to an aromatic ring is 1. The lowest BCUT2D eigenvalue weighted by molar-refractivity contribution is 0.0946. The van der Waals surface area contributed by atoms with Crippen molar-refractivity contribution in [3.63, 3.8) is 0 Å². The Morgan fingerprint density at radius 3 is 2.55 bits per heavy atom. The van der Waals surface area contributed by atoms with E-state index in [0.717, 1.165) is 15.8 Å². The molecule has 1 amide bonds. The second kappa shape index (κ2) is 5.79. The van der Waals surface area contributed by atoms with E-state index in [0.29, 0.717) is 5.69 Å². The summed E-state index contributed by atoms with van der Waals surface area (Å²) in [5.41, 5.74) is 3.92. The monoisotopic (exact) mass is 297 g/mol. The van der Waals surface area contributed by atoms with Crippen molar-refractivity contribution in [3.05, 3.63) is 56.5 Å². The SMILES string of the molecule is Cc1ccc(-n2nc(C(=O)NN)c(C)c(C#N)c2=O)cc1C. The van der Waals surface area contributed by atoms with E-state index < -0.39 is 11.5 Å². The smallest absolute Gasteiger partial charge is 0.289 e. The molecule has 0 radical (unpaired) electrons. The third-order valence-corrected chi connectivity index (χ3v) is 3.53. The molecule has 112 valence electrons. The first-order valence-corrected chi connectivity index (χ1v) is 6.53. The minimum Gasteiger partial charge on any atom is -0.289 e. The van der Waals surface area contributed by atoms with Gasteiger partial charge in [0.2, 0.25) is 0 Å². The fraction of sp³-hybridized carbons (Fsp3) is 0.200. The average Bonchev–Trinajstić information content (AvgIpc) is 2.50. The predicted octanol–water partition coefficient (Wildman–Crippen LogP) is 0.633.